The number of hydrogen-bond acceptors (Lipinski definition) is 4. The lowest BCUT2D eigenvalue weighted by molar-refractivity contribution is -0.112. The van der Waals surface area contributed by atoms with E-state index in [1.807, 2.05) is 31.2 Å². The first-order valence-corrected chi connectivity index (χ1v) is 8.81. The summed E-state index contributed by atoms with van der Waals surface area (Å²) in [5.41, 5.74) is 2.24. The Kier molecular flexibility index (Phi) is 5.83. The number of anilines is 1. The molecule has 0 saturated heterocycles. The number of ether oxygens (including phenoxy) is 1. The molecule has 0 fully saturated rings. The summed E-state index contributed by atoms with van der Waals surface area (Å²) in [5.74, 6) is 0.982. The highest BCUT2D eigenvalue weighted by molar-refractivity contribution is 6.30. The van der Waals surface area contributed by atoms with Crippen molar-refractivity contribution in [1.29, 1.82) is 5.26 Å². The lowest BCUT2D eigenvalue weighted by Crippen LogP contribution is -2.14. The van der Waals surface area contributed by atoms with E-state index in [1.54, 1.807) is 36.4 Å². The molecule has 0 aliphatic rings. The van der Waals surface area contributed by atoms with Gasteiger partial charge in [0.25, 0.3) is 5.91 Å². The van der Waals surface area contributed by atoms with Gasteiger partial charge in [0.2, 0.25) is 0 Å². The predicted octanol–water partition coefficient (Wildman–Crippen LogP) is 5.46. The van der Waals surface area contributed by atoms with Crippen molar-refractivity contribution in [1.82, 2.24) is 0 Å². The number of rotatable bonds is 5. The van der Waals surface area contributed by atoms with E-state index < -0.39 is 5.91 Å². The van der Waals surface area contributed by atoms with Gasteiger partial charge in [-0.3, -0.25) is 4.79 Å². The predicted molar refractivity (Wildman–Crippen MR) is 109 cm³/mol. The lowest BCUT2D eigenvalue weighted by Gasteiger charge is -2.10. The number of carbonyl (C=O) groups excluding carboxylic acids is 1. The Labute approximate surface area is 167 Å². The Bertz CT molecular complexity index is 1080. The fraction of sp³-hybridized carbons (Fsp3) is 0.0909. The topological polar surface area (TPSA) is 75.3 Å². The van der Waals surface area contributed by atoms with Crippen molar-refractivity contribution < 1.29 is 13.9 Å². The van der Waals surface area contributed by atoms with E-state index in [2.05, 4.69) is 5.32 Å². The third kappa shape index (κ3) is 4.43. The van der Waals surface area contributed by atoms with E-state index in [4.69, 9.17) is 20.8 Å². The molecule has 6 heteroatoms. The summed E-state index contributed by atoms with van der Waals surface area (Å²) in [4.78, 5) is 12.5. The Morgan fingerprint density at radius 1 is 1.18 bits per heavy atom. The van der Waals surface area contributed by atoms with Crippen LogP contribution in [0.15, 0.2) is 64.6 Å². The van der Waals surface area contributed by atoms with Crippen LogP contribution in [-0.2, 0) is 4.79 Å². The number of nitrogens with one attached hydrogen (secondary N) is 1. The average Bonchev–Trinajstić information content (AvgIpc) is 3.16. The van der Waals surface area contributed by atoms with Gasteiger partial charge in [-0.05, 0) is 61.0 Å². The Balaban J connectivity index is 1.81. The number of carbonyl (C=O) groups is 1. The van der Waals surface area contributed by atoms with Gasteiger partial charge in [0.05, 0.1) is 12.8 Å². The van der Waals surface area contributed by atoms with Crippen LogP contribution in [0, 0.1) is 18.3 Å². The zero-order chi connectivity index (χ0) is 20.1. The molecule has 1 N–H and O–H groups in total. The van der Waals surface area contributed by atoms with Crippen molar-refractivity contribution in [3.8, 4) is 23.1 Å². The van der Waals surface area contributed by atoms with Crippen molar-refractivity contribution in [2.75, 3.05) is 12.4 Å². The van der Waals surface area contributed by atoms with Crippen molar-refractivity contribution in [2.45, 2.75) is 6.92 Å². The lowest BCUT2D eigenvalue weighted by atomic mass is 10.2. The average molecular weight is 393 g/mol. The molecule has 2 aromatic carbocycles. The largest absolute Gasteiger partial charge is 0.495 e. The monoisotopic (exact) mass is 392 g/mol. The summed E-state index contributed by atoms with van der Waals surface area (Å²) >= 11 is 5.89. The molecule has 28 heavy (non-hydrogen) atoms. The van der Waals surface area contributed by atoms with Crippen LogP contribution < -0.4 is 10.1 Å². The second-order valence-corrected chi connectivity index (χ2v) is 6.47. The Hall–Kier alpha value is -3.49. The van der Waals surface area contributed by atoms with Gasteiger partial charge >= 0.3 is 0 Å². The number of hydrogen-bond donors (Lipinski definition) is 1. The Morgan fingerprint density at radius 3 is 2.61 bits per heavy atom. The zero-order valence-electron chi connectivity index (χ0n) is 15.3. The first kappa shape index (κ1) is 19.3. The van der Waals surface area contributed by atoms with Crippen LogP contribution >= 0.6 is 11.6 Å². The summed E-state index contributed by atoms with van der Waals surface area (Å²) in [6.07, 6.45) is 1.40. The number of nitriles is 1. The number of benzene rings is 2. The molecule has 5 nitrogen and oxygen atoms in total. The number of halogens is 1. The molecule has 1 amide bonds. The smallest absolute Gasteiger partial charge is 0.266 e. The van der Waals surface area contributed by atoms with Gasteiger partial charge in [-0.15, -0.1) is 0 Å². The van der Waals surface area contributed by atoms with E-state index in [9.17, 15) is 10.1 Å². The SMILES string of the molecule is COc1cc(C)ccc1NC(=O)C(C#N)=Cc1ccc(-c2ccc(Cl)cc2)o1. The maximum Gasteiger partial charge on any atom is 0.266 e. The van der Waals surface area contributed by atoms with Crippen LogP contribution in [0.5, 0.6) is 5.75 Å². The molecule has 0 unspecified atom stereocenters. The third-order valence-corrected chi connectivity index (χ3v) is 4.26. The highest BCUT2D eigenvalue weighted by Crippen LogP contribution is 2.27. The quantitative estimate of drug-likeness (QED) is 0.462. The summed E-state index contributed by atoms with van der Waals surface area (Å²) in [6, 6.07) is 17.9. The highest BCUT2D eigenvalue weighted by atomic mass is 35.5. The molecule has 0 aliphatic heterocycles. The van der Waals surface area contributed by atoms with Gasteiger partial charge in [0.1, 0.15) is 28.9 Å². The minimum Gasteiger partial charge on any atom is -0.495 e. The van der Waals surface area contributed by atoms with E-state index >= 15 is 0 Å². The molecule has 0 bridgehead atoms. The van der Waals surface area contributed by atoms with Gasteiger partial charge < -0.3 is 14.5 Å². The van der Waals surface area contributed by atoms with Gasteiger partial charge in [-0.25, -0.2) is 0 Å². The third-order valence-electron chi connectivity index (χ3n) is 4.01. The normalized spacial score (nSPS) is 11.0. The van der Waals surface area contributed by atoms with Crippen LogP contribution in [-0.4, -0.2) is 13.0 Å². The fourth-order valence-electron chi connectivity index (χ4n) is 2.58. The van der Waals surface area contributed by atoms with E-state index in [1.165, 1.54) is 13.2 Å². The molecular formula is C22H17ClN2O3. The van der Waals surface area contributed by atoms with E-state index in [0.717, 1.165) is 11.1 Å². The first-order valence-electron chi connectivity index (χ1n) is 8.43. The molecule has 3 aromatic rings. The second kappa shape index (κ2) is 8.47. The molecule has 0 aliphatic carbocycles. The molecule has 1 aromatic heterocycles. The number of methoxy groups -OCH3 is 1. The minimum absolute atomic E-state index is 0.0837. The van der Waals surface area contributed by atoms with Crippen LogP contribution in [0.25, 0.3) is 17.4 Å². The van der Waals surface area contributed by atoms with Crippen molar-refractivity contribution in [2.24, 2.45) is 0 Å². The summed E-state index contributed by atoms with van der Waals surface area (Å²) in [7, 11) is 1.52. The van der Waals surface area contributed by atoms with Crippen molar-refractivity contribution in [3.63, 3.8) is 0 Å². The van der Waals surface area contributed by atoms with Crippen LogP contribution in [0.3, 0.4) is 0 Å². The summed E-state index contributed by atoms with van der Waals surface area (Å²) < 4.78 is 11.0. The van der Waals surface area contributed by atoms with Crippen molar-refractivity contribution in [3.05, 3.63) is 76.5 Å². The number of aryl methyl sites for hydroxylation is 1. The molecule has 0 radical (unpaired) electrons. The molecule has 0 atom stereocenters. The van der Waals surface area contributed by atoms with Gasteiger partial charge in [-0.1, -0.05) is 17.7 Å². The fourth-order valence-corrected chi connectivity index (χ4v) is 2.71. The van der Waals surface area contributed by atoms with Crippen molar-refractivity contribution >= 4 is 29.3 Å². The van der Waals surface area contributed by atoms with E-state index in [0.29, 0.717) is 28.0 Å². The minimum atomic E-state index is -0.547. The standard InChI is InChI=1S/C22H17ClN2O3/c1-14-3-9-19(21(11-14)27-2)25-22(26)16(13-24)12-18-8-10-20(28-18)15-4-6-17(23)7-5-15/h3-12H,1-2H3,(H,25,26). The Morgan fingerprint density at radius 2 is 1.93 bits per heavy atom. The number of furan rings is 1. The van der Waals surface area contributed by atoms with Gasteiger partial charge in [-0.2, -0.15) is 5.26 Å². The van der Waals surface area contributed by atoms with Crippen LogP contribution in [0.2, 0.25) is 5.02 Å². The van der Waals surface area contributed by atoms with Crippen LogP contribution in [0.1, 0.15) is 11.3 Å². The maximum atomic E-state index is 12.5. The van der Waals surface area contributed by atoms with Gasteiger partial charge in [0, 0.05) is 16.7 Å². The summed E-state index contributed by atoms with van der Waals surface area (Å²) in [6.45, 7) is 1.92. The number of amides is 1. The van der Waals surface area contributed by atoms with Crippen LogP contribution in [0.4, 0.5) is 5.69 Å². The molecule has 1 heterocycles. The zero-order valence-corrected chi connectivity index (χ0v) is 16.1. The molecule has 0 saturated carbocycles. The van der Waals surface area contributed by atoms with E-state index in [-0.39, 0.29) is 5.57 Å². The summed E-state index contributed by atoms with van der Waals surface area (Å²) in [5, 5.41) is 12.7. The van der Waals surface area contributed by atoms with Gasteiger partial charge in [0.15, 0.2) is 0 Å². The highest BCUT2D eigenvalue weighted by Gasteiger charge is 2.14. The molecular weight excluding hydrogens is 376 g/mol. The maximum absolute atomic E-state index is 12.5. The molecule has 140 valence electrons. The molecule has 0 spiro atoms. The second-order valence-electron chi connectivity index (χ2n) is 6.04. The molecule has 3 rings (SSSR count). The first-order chi connectivity index (χ1) is 13.5. The number of nitrogens with zero attached hydrogens (tertiary/aromatic N) is 1.